The molecule has 0 aliphatic heterocycles. The molecule has 0 bridgehead atoms. The van der Waals surface area contributed by atoms with Gasteiger partial charge in [0.05, 0.1) is 36.0 Å². The molecular formula is C24H37ClO5S. The van der Waals surface area contributed by atoms with Crippen LogP contribution in [0, 0.1) is 18.8 Å². The van der Waals surface area contributed by atoms with E-state index in [1.807, 2.05) is 31.2 Å². The van der Waals surface area contributed by atoms with E-state index < -0.39 is 18.3 Å². The van der Waals surface area contributed by atoms with Crippen molar-refractivity contribution in [3.63, 3.8) is 0 Å². The monoisotopic (exact) mass is 472 g/mol. The first-order valence-electron chi connectivity index (χ1n) is 11.1. The van der Waals surface area contributed by atoms with Crippen LogP contribution in [0.4, 0.5) is 0 Å². The number of thiophene rings is 1. The summed E-state index contributed by atoms with van der Waals surface area (Å²) < 4.78 is 5.61. The molecule has 0 amide bonds. The molecule has 1 aromatic heterocycles. The number of halogens is 1. The van der Waals surface area contributed by atoms with Gasteiger partial charge in [0.2, 0.25) is 0 Å². The number of methoxy groups -OCH3 is 1. The van der Waals surface area contributed by atoms with Crippen LogP contribution in [-0.2, 0) is 11.2 Å². The zero-order valence-electron chi connectivity index (χ0n) is 18.5. The van der Waals surface area contributed by atoms with E-state index in [1.54, 1.807) is 18.4 Å². The summed E-state index contributed by atoms with van der Waals surface area (Å²) in [4.78, 5) is 2.37. The largest absolute Gasteiger partial charge is 0.394 e. The van der Waals surface area contributed by atoms with E-state index in [4.69, 9.17) is 21.4 Å². The van der Waals surface area contributed by atoms with Gasteiger partial charge in [0.15, 0.2) is 0 Å². The molecule has 0 saturated heterocycles. The molecule has 5 nitrogen and oxygen atoms in total. The van der Waals surface area contributed by atoms with Crippen LogP contribution < -0.4 is 0 Å². The second kappa shape index (κ2) is 13.7. The molecule has 6 atom stereocenters. The molecule has 2 rings (SSSR count). The zero-order valence-corrected chi connectivity index (χ0v) is 20.1. The van der Waals surface area contributed by atoms with E-state index in [0.717, 1.165) is 35.6 Å². The van der Waals surface area contributed by atoms with Gasteiger partial charge in [-0.15, -0.1) is 11.3 Å². The molecule has 1 aliphatic rings. The van der Waals surface area contributed by atoms with Crippen molar-refractivity contribution >= 4 is 22.9 Å². The van der Waals surface area contributed by atoms with Crippen LogP contribution in [-0.4, -0.2) is 58.6 Å². The minimum Gasteiger partial charge on any atom is -0.394 e. The Morgan fingerprint density at radius 1 is 1.26 bits per heavy atom. The summed E-state index contributed by atoms with van der Waals surface area (Å²) in [6.07, 6.45) is 11.3. The number of ether oxygens (including phenoxy) is 1. The molecule has 1 aromatic rings. The van der Waals surface area contributed by atoms with Gasteiger partial charge in [-0.25, -0.2) is 0 Å². The molecule has 0 spiro atoms. The molecule has 0 aromatic carbocycles. The molecule has 1 unspecified atom stereocenters. The number of hydrogen-bond donors (Lipinski definition) is 4. The Morgan fingerprint density at radius 2 is 2.03 bits per heavy atom. The lowest BCUT2D eigenvalue weighted by Crippen LogP contribution is -2.20. The van der Waals surface area contributed by atoms with E-state index >= 15 is 0 Å². The number of allylic oxidation sites excluding steroid dienone is 2. The number of aliphatic hydroxyl groups excluding tert-OH is 4. The van der Waals surface area contributed by atoms with Gasteiger partial charge in [-0.1, -0.05) is 35.9 Å². The topological polar surface area (TPSA) is 90.2 Å². The summed E-state index contributed by atoms with van der Waals surface area (Å²) in [5.41, 5.74) is 0. The smallest absolute Gasteiger partial charge is 0.0771 e. The Labute approximate surface area is 195 Å². The summed E-state index contributed by atoms with van der Waals surface area (Å²) in [6, 6.07) is 2.02. The quantitative estimate of drug-likeness (QED) is 0.257. The normalized spacial score (nSPS) is 26.3. The van der Waals surface area contributed by atoms with Gasteiger partial charge in [0, 0.05) is 29.2 Å². The molecule has 4 N–H and O–H groups in total. The van der Waals surface area contributed by atoms with Gasteiger partial charge in [-0.2, -0.15) is 0 Å². The number of hydrogen-bond acceptors (Lipinski definition) is 6. The highest BCUT2D eigenvalue weighted by Crippen LogP contribution is 2.36. The maximum absolute atomic E-state index is 10.4. The number of aryl methyl sites for hydroxylation is 2. The minimum absolute atomic E-state index is 0.0261. The fraction of sp³-hybridized carbons (Fsp3) is 0.667. The standard InChI is InChI=1S/C24H37ClO5S/c1-16-22(25)13-19(31-16)11-9-18(30-2)10-12-21-20(23(28)14-24(21)29)8-6-4-3-5-7-17(27)15-26/h4,6,10,12-13,17-18,20-21,23-24,26-29H,3,5,7-9,11,14-15H2,1-2H3/b6-4-,12-10?/t17?,18-,20+,21+,23-,24+/m0/s1. The number of unbranched alkanes of at least 4 members (excludes halogenated alkanes) is 1. The first-order valence-corrected chi connectivity index (χ1v) is 12.3. The summed E-state index contributed by atoms with van der Waals surface area (Å²) in [7, 11) is 1.69. The van der Waals surface area contributed by atoms with E-state index in [0.29, 0.717) is 19.3 Å². The van der Waals surface area contributed by atoms with E-state index in [1.165, 1.54) is 4.88 Å². The van der Waals surface area contributed by atoms with E-state index in [-0.39, 0.29) is 24.5 Å². The minimum atomic E-state index is -0.649. The third-order valence-electron chi connectivity index (χ3n) is 6.04. The molecule has 176 valence electrons. The van der Waals surface area contributed by atoms with Crippen LogP contribution in [0.2, 0.25) is 5.02 Å². The van der Waals surface area contributed by atoms with Crippen molar-refractivity contribution in [2.24, 2.45) is 11.8 Å². The van der Waals surface area contributed by atoms with E-state index in [2.05, 4.69) is 6.08 Å². The van der Waals surface area contributed by atoms with Crippen molar-refractivity contribution in [2.45, 2.75) is 76.3 Å². The SMILES string of the molecule is CO[C@H](C=C[C@@H]1[C@@H](C/C=C\CCCC(O)CO)[C@@H](O)C[C@H]1O)CCc1cc(Cl)c(C)s1. The third-order valence-corrected chi connectivity index (χ3v) is 7.66. The molecule has 0 radical (unpaired) electrons. The average Bonchev–Trinajstić information content (AvgIpc) is 3.21. The lowest BCUT2D eigenvalue weighted by molar-refractivity contribution is 0.0868. The number of aliphatic hydroxyl groups is 4. The molecule has 31 heavy (non-hydrogen) atoms. The molecule has 1 heterocycles. The lowest BCUT2D eigenvalue weighted by atomic mass is 9.89. The lowest BCUT2D eigenvalue weighted by Gasteiger charge is -2.20. The van der Waals surface area contributed by atoms with Crippen molar-refractivity contribution in [1.82, 2.24) is 0 Å². The zero-order chi connectivity index (χ0) is 22.8. The summed E-state index contributed by atoms with van der Waals surface area (Å²) in [6.45, 7) is 1.82. The summed E-state index contributed by atoms with van der Waals surface area (Å²) in [5, 5.41) is 39.9. The van der Waals surface area contributed by atoms with Crippen molar-refractivity contribution < 1.29 is 25.2 Å². The Balaban J connectivity index is 1.86. The Kier molecular flexibility index (Phi) is 11.8. The van der Waals surface area contributed by atoms with Crippen LogP contribution in [0.5, 0.6) is 0 Å². The van der Waals surface area contributed by atoms with E-state index in [9.17, 15) is 15.3 Å². The maximum Gasteiger partial charge on any atom is 0.0771 e. The number of rotatable bonds is 13. The molecule has 1 saturated carbocycles. The van der Waals surface area contributed by atoms with Crippen molar-refractivity contribution in [2.75, 3.05) is 13.7 Å². The second-order valence-corrected chi connectivity index (χ2v) is 10.1. The third kappa shape index (κ3) is 8.61. The average molecular weight is 473 g/mol. The predicted octanol–water partition coefficient (Wildman–Crippen LogP) is 4.04. The Bertz CT molecular complexity index is 685. The van der Waals surface area contributed by atoms with Crippen LogP contribution in [0.1, 0.15) is 48.3 Å². The van der Waals surface area contributed by atoms with Crippen LogP contribution in [0.25, 0.3) is 0 Å². The van der Waals surface area contributed by atoms with Gasteiger partial charge in [-0.05, 0) is 57.4 Å². The van der Waals surface area contributed by atoms with Crippen LogP contribution in [0.3, 0.4) is 0 Å². The molecule has 1 aliphatic carbocycles. The highest BCUT2D eigenvalue weighted by atomic mass is 35.5. The van der Waals surface area contributed by atoms with Gasteiger partial charge in [0.25, 0.3) is 0 Å². The second-order valence-electron chi connectivity index (χ2n) is 8.40. The predicted molar refractivity (Wildman–Crippen MR) is 127 cm³/mol. The van der Waals surface area contributed by atoms with Crippen molar-refractivity contribution in [3.05, 3.63) is 45.1 Å². The van der Waals surface area contributed by atoms with Crippen molar-refractivity contribution in [3.8, 4) is 0 Å². The highest BCUT2D eigenvalue weighted by Gasteiger charge is 2.39. The van der Waals surface area contributed by atoms with Gasteiger partial charge in [0.1, 0.15) is 0 Å². The first kappa shape index (κ1) is 26.5. The summed E-state index contributed by atoms with van der Waals surface area (Å²) >= 11 is 7.86. The fourth-order valence-electron chi connectivity index (χ4n) is 4.11. The van der Waals surface area contributed by atoms with Gasteiger partial charge >= 0.3 is 0 Å². The van der Waals surface area contributed by atoms with Crippen LogP contribution >= 0.6 is 22.9 Å². The van der Waals surface area contributed by atoms with Gasteiger partial charge < -0.3 is 25.2 Å². The first-order chi connectivity index (χ1) is 14.8. The molecular weight excluding hydrogens is 436 g/mol. The van der Waals surface area contributed by atoms with Gasteiger partial charge in [-0.3, -0.25) is 0 Å². The molecule has 7 heteroatoms. The van der Waals surface area contributed by atoms with Crippen LogP contribution in [0.15, 0.2) is 30.4 Å². The Morgan fingerprint density at radius 3 is 2.68 bits per heavy atom. The Hall–Kier alpha value is -0.730. The maximum atomic E-state index is 10.4. The molecule has 1 fully saturated rings. The van der Waals surface area contributed by atoms with Crippen molar-refractivity contribution in [1.29, 1.82) is 0 Å². The summed E-state index contributed by atoms with van der Waals surface area (Å²) in [5.74, 6) is -0.131. The fourth-order valence-corrected chi connectivity index (χ4v) is 5.37. The highest BCUT2D eigenvalue weighted by molar-refractivity contribution is 7.12.